The smallest absolute Gasteiger partial charge is 0.123 e. The van der Waals surface area contributed by atoms with Crippen molar-refractivity contribution < 1.29 is 9.13 Å². The van der Waals surface area contributed by atoms with Crippen molar-refractivity contribution in [2.75, 3.05) is 32.8 Å². The van der Waals surface area contributed by atoms with Crippen LogP contribution in [0.25, 0.3) is 11.3 Å². The molecule has 6 heteroatoms. The maximum Gasteiger partial charge on any atom is 0.123 e. The van der Waals surface area contributed by atoms with Gasteiger partial charge in [0.1, 0.15) is 5.82 Å². The summed E-state index contributed by atoms with van der Waals surface area (Å²) in [6.07, 6.45) is 1.82. The van der Waals surface area contributed by atoms with Crippen LogP contribution in [0.5, 0.6) is 0 Å². The van der Waals surface area contributed by atoms with Crippen molar-refractivity contribution in [3.63, 3.8) is 0 Å². The Balaban J connectivity index is 1.54. The Hall–Kier alpha value is -1.76. The van der Waals surface area contributed by atoms with Gasteiger partial charge in [-0.1, -0.05) is 0 Å². The average Bonchev–Trinajstić information content (AvgIpc) is 3.05. The minimum Gasteiger partial charge on any atom is -0.379 e. The standard InChI is InChI=1S/C17H23FN4O/c1-13(22-6-8-23-9-7-22)10-19-11-15-12-20-21-17(15)14-2-4-16(18)5-3-14/h2-5,12-13,19H,6-11H2,1H3,(H,20,21)/t13-/m1/s1. The van der Waals surface area contributed by atoms with Gasteiger partial charge in [0.2, 0.25) is 0 Å². The lowest BCUT2D eigenvalue weighted by atomic mass is 10.1. The minimum absolute atomic E-state index is 0.229. The van der Waals surface area contributed by atoms with E-state index in [-0.39, 0.29) is 5.82 Å². The van der Waals surface area contributed by atoms with Gasteiger partial charge in [0.05, 0.1) is 25.1 Å². The number of H-pyrrole nitrogens is 1. The molecule has 2 heterocycles. The molecular formula is C17H23FN4O. The summed E-state index contributed by atoms with van der Waals surface area (Å²) in [6, 6.07) is 6.94. The number of halogens is 1. The Kier molecular flexibility index (Phi) is 5.38. The SMILES string of the molecule is C[C@H](CNCc1cn[nH]c1-c1ccc(F)cc1)N1CCOCC1. The van der Waals surface area contributed by atoms with Crippen molar-refractivity contribution in [1.29, 1.82) is 0 Å². The summed E-state index contributed by atoms with van der Waals surface area (Å²) in [5.74, 6) is -0.229. The molecule has 5 nitrogen and oxygen atoms in total. The molecule has 0 radical (unpaired) electrons. The van der Waals surface area contributed by atoms with Gasteiger partial charge in [-0.2, -0.15) is 5.10 Å². The van der Waals surface area contributed by atoms with Crippen molar-refractivity contribution in [2.45, 2.75) is 19.5 Å². The van der Waals surface area contributed by atoms with Gasteiger partial charge in [-0.15, -0.1) is 0 Å². The number of nitrogens with one attached hydrogen (secondary N) is 2. The van der Waals surface area contributed by atoms with E-state index in [0.29, 0.717) is 6.04 Å². The highest BCUT2D eigenvalue weighted by molar-refractivity contribution is 5.62. The van der Waals surface area contributed by atoms with E-state index in [9.17, 15) is 4.39 Å². The zero-order valence-corrected chi connectivity index (χ0v) is 13.4. The second-order valence-electron chi connectivity index (χ2n) is 5.91. The second kappa shape index (κ2) is 7.68. The van der Waals surface area contributed by atoms with Crippen LogP contribution in [0.15, 0.2) is 30.5 Å². The van der Waals surface area contributed by atoms with Crippen molar-refractivity contribution in [2.24, 2.45) is 0 Å². The molecule has 1 aliphatic rings. The van der Waals surface area contributed by atoms with Gasteiger partial charge >= 0.3 is 0 Å². The number of aromatic amines is 1. The normalized spacial score (nSPS) is 17.3. The molecule has 0 spiro atoms. The Labute approximate surface area is 135 Å². The predicted octanol–water partition coefficient (Wildman–Crippen LogP) is 2.03. The highest BCUT2D eigenvalue weighted by atomic mass is 19.1. The van der Waals surface area contributed by atoms with E-state index < -0.39 is 0 Å². The molecule has 1 aromatic carbocycles. The molecular weight excluding hydrogens is 295 g/mol. The molecule has 1 fully saturated rings. The second-order valence-corrected chi connectivity index (χ2v) is 5.91. The van der Waals surface area contributed by atoms with Crippen LogP contribution >= 0.6 is 0 Å². The number of nitrogens with zero attached hydrogens (tertiary/aromatic N) is 2. The van der Waals surface area contributed by atoms with Crippen molar-refractivity contribution in [3.05, 3.63) is 41.8 Å². The van der Waals surface area contributed by atoms with E-state index in [0.717, 1.165) is 56.2 Å². The average molecular weight is 318 g/mol. The van der Waals surface area contributed by atoms with E-state index in [1.165, 1.54) is 12.1 Å². The number of hydrogen-bond acceptors (Lipinski definition) is 4. The number of hydrogen-bond donors (Lipinski definition) is 2. The fraction of sp³-hybridized carbons (Fsp3) is 0.471. The van der Waals surface area contributed by atoms with Gasteiger partial charge in [0, 0.05) is 43.3 Å². The predicted molar refractivity (Wildman–Crippen MR) is 87.5 cm³/mol. The van der Waals surface area contributed by atoms with Crippen LogP contribution in [0.4, 0.5) is 4.39 Å². The zero-order valence-electron chi connectivity index (χ0n) is 13.4. The molecule has 1 aromatic heterocycles. The Morgan fingerprint density at radius 2 is 2.04 bits per heavy atom. The first kappa shape index (κ1) is 16.1. The van der Waals surface area contributed by atoms with E-state index in [1.54, 1.807) is 12.1 Å². The molecule has 124 valence electrons. The van der Waals surface area contributed by atoms with Crippen LogP contribution in [-0.4, -0.2) is 54.0 Å². The molecule has 2 N–H and O–H groups in total. The summed E-state index contributed by atoms with van der Waals surface area (Å²) in [5, 5.41) is 10.6. The first-order chi connectivity index (χ1) is 11.2. The molecule has 1 aliphatic heterocycles. The number of ether oxygens (including phenoxy) is 1. The van der Waals surface area contributed by atoms with Crippen LogP contribution in [-0.2, 0) is 11.3 Å². The molecule has 0 aliphatic carbocycles. The molecule has 0 amide bonds. The van der Waals surface area contributed by atoms with Crippen molar-refractivity contribution in [1.82, 2.24) is 20.4 Å². The van der Waals surface area contributed by atoms with Crippen LogP contribution in [0, 0.1) is 5.82 Å². The minimum atomic E-state index is -0.229. The molecule has 23 heavy (non-hydrogen) atoms. The van der Waals surface area contributed by atoms with Gasteiger partial charge in [-0.25, -0.2) is 4.39 Å². The maximum absolute atomic E-state index is 13.0. The lowest BCUT2D eigenvalue weighted by Crippen LogP contribution is -2.46. The summed E-state index contributed by atoms with van der Waals surface area (Å²) in [5.41, 5.74) is 2.98. The van der Waals surface area contributed by atoms with Crippen LogP contribution in [0.3, 0.4) is 0 Å². The van der Waals surface area contributed by atoms with Crippen molar-refractivity contribution in [3.8, 4) is 11.3 Å². The van der Waals surface area contributed by atoms with Crippen molar-refractivity contribution >= 4 is 0 Å². The van der Waals surface area contributed by atoms with E-state index in [2.05, 4.69) is 27.3 Å². The third-order valence-electron chi connectivity index (χ3n) is 4.27. The Morgan fingerprint density at radius 3 is 2.78 bits per heavy atom. The van der Waals surface area contributed by atoms with E-state index in [1.807, 2.05) is 6.20 Å². The molecule has 1 atom stereocenters. The van der Waals surface area contributed by atoms with Gasteiger partial charge in [-0.3, -0.25) is 10.00 Å². The first-order valence-corrected chi connectivity index (χ1v) is 8.05. The van der Waals surface area contributed by atoms with Gasteiger partial charge in [0.25, 0.3) is 0 Å². The number of benzene rings is 1. The lowest BCUT2D eigenvalue weighted by Gasteiger charge is -2.32. The number of morpholine rings is 1. The third kappa shape index (κ3) is 4.16. The number of aromatic nitrogens is 2. The van der Waals surface area contributed by atoms with Gasteiger partial charge in [-0.05, 0) is 31.2 Å². The monoisotopic (exact) mass is 318 g/mol. The van der Waals surface area contributed by atoms with Gasteiger partial charge in [0.15, 0.2) is 0 Å². The van der Waals surface area contributed by atoms with Crippen LogP contribution in [0.1, 0.15) is 12.5 Å². The topological polar surface area (TPSA) is 53.2 Å². The molecule has 2 aromatic rings. The third-order valence-corrected chi connectivity index (χ3v) is 4.27. The summed E-state index contributed by atoms with van der Waals surface area (Å²) in [7, 11) is 0. The fourth-order valence-corrected chi connectivity index (χ4v) is 2.87. The maximum atomic E-state index is 13.0. The quantitative estimate of drug-likeness (QED) is 0.856. The molecule has 0 saturated carbocycles. The zero-order chi connectivity index (χ0) is 16.1. The van der Waals surface area contributed by atoms with E-state index >= 15 is 0 Å². The molecule has 3 rings (SSSR count). The van der Waals surface area contributed by atoms with Crippen LogP contribution < -0.4 is 5.32 Å². The molecule has 0 bridgehead atoms. The first-order valence-electron chi connectivity index (χ1n) is 8.05. The largest absolute Gasteiger partial charge is 0.379 e. The summed E-state index contributed by atoms with van der Waals surface area (Å²) >= 11 is 0. The highest BCUT2D eigenvalue weighted by Gasteiger charge is 2.16. The van der Waals surface area contributed by atoms with Crippen LogP contribution in [0.2, 0.25) is 0 Å². The summed E-state index contributed by atoms with van der Waals surface area (Å²) in [6.45, 7) is 7.51. The summed E-state index contributed by atoms with van der Waals surface area (Å²) in [4.78, 5) is 2.44. The number of rotatable bonds is 6. The lowest BCUT2D eigenvalue weighted by molar-refractivity contribution is 0.0203. The molecule has 0 unspecified atom stereocenters. The fourth-order valence-electron chi connectivity index (χ4n) is 2.87. The Bertz CT molecular complexity index is 607. The Morgan fingerprint density at radius 1 is 1.30 bits per heavy atom. The highest BCUT2D eigenvalue weighted by Crippen LogP contribution is 2.21. The van der Waals surface area contributed by atoms with Gasteiger partial charge < -0.3 is 10.1 Å². The summed E-state index contributed by atoms with van der Waals surface area (Å²) < 4.78 is 18.4. The van der Waals surface area contributed by atoms with E-state index in [4.69, 9.17) is 4.74 Å². The molecule has 1 saturated heterocycles.